The predicted octanol–water partition coefficient (Wildman–Crippen LogP) is 0.639. The number of rotatable bonds is 4. The van der Waals surface area contributed by atoms with Gasteiger partial charge in [0.25, 0.3) is 5.91 Å². The Morgan fingerprint density at radius 1 is 0.966 bits per heavy atom. The second kappa shape index (κ2) is 9.36. The van der Waals surface area contributed by atoms with Crippen molar-refractivity contribution >= 4 is 27.7 Å². The van der Waals surface area contributed by atoms with E-state index < -0.39 is 27.7 Å². The zero-order valence-corrected chi connectivity index (χ0v) is 17.9. The van der Waals surface area contributed by atoms with Crippen molar-refractivity contribution in [2.45, 2.75) is 45.1 Å². The predicted molar refractivity (Wildman–Crippen MR) is 107 cm³/mol. The molecule has 0 aliphatic carbocycles. The van der Waals surface area contributed by atoms with Gasteiger partial charge >= 0.3 is 11.8 Å². The van der Waals surface area contributed by atoms with Crippen LogP contribution in [-0.2, 0) is 19.6 Å². The van der Waals surface area contributed by atoms with E-state index in [2.05, 4.69) is 10.7 Å². The first-order valence-corrected chi connectivity index (χ1v) is 11.0. The molecule has 0 bridgehead atoms. The fraction of sp³-hybridized carbons (Fsp3) is 0.526. The molecule has 0 aromatic heterocycles. The van der Waals surface area contributed by atoms with Crippen LogP contribution in [0.25, 0.3) is 0 Å². The molecule has 9 nitrogen and oxygen atoms in total. The molecule has 1 aromatic rings. The van der Waals surface area contributed by atoms with Gasteiger partial charge in [-0.1, -0.05) is 13.8 Å². The molecular formula is C19H28N4O5S. The topological polar surface area (TPSA) is 125 Å². The summed E-state index contributed by atoms with van der Waals surface area (Å²) in [4.78, 5) is 35.3. The fourth-order valence-corrected chi connectivity index (χ4v) is 4.98. The Hall–Kier alpha value is -2.46. The molecule has 1 fully saturated rings. The molecule has 3 amide bonds. The Bertz CT molecular complexity index is 857. The van der Waals surface area contributed by atoms with E-state index in [1.165, 1.54) is 28.6 Å². The van der Waals surface area contributed by atoms with Crippen LogP contribution in [0.3, 0.4) is 0 Å². The Kier molecular flexibility index (Phi) is 7.37. The third-order valence-corrected chi connectivity index (χ3v) is 6.35. The lowest BCUT2D eigenvalue weighted by Crippen LogP contribution is -2.49. The van der Waals surface area contributed by atoms with Crippen LogP contribution < -0.4 is 16.2 Å². The minimum Gasteiger partial charge on any atom is -0.346 e. The fourth-order valence-electron chi connectivity index (χ4n) is 3.30. The average molecular weight is 425 g/mol. The number of carbonyl (C=O) groups excluding carboxylic acids is 3. The molecule has 2 atom stereocenters. The smallest absolute Gasteiger partial charge is 0.327 e. The highest BCUT2D eigenvalue weighted by Gasteiger charge is 2.31. The van der Waals surface area contributed by atoms with Crippen LogP contribution in [0.4, 0.5) is 0 Å². The molecule has 1 aliphatic rings. The zero-order valence-electron chi connectivity index (χ0n) is 17.1. The largest absolute Gasteiger partial charge is 0.346 e. The molecule has 1 aromatic carbocycles. The van der Waals surface area contributed by atoms with Gasteiger partial charge in [0.05, 0.1) is 4.90 Å². The van der Waals surface area contributed by atoms with Gasteiger partial charge in [0.2, 0.25) is 10.0 Å². The molecule has 0 radical (unpaired) electrons. The van der Waals surface area contributed by atoms with Crippen molar-refractivity contribution in [3.8, 4) is 0 Å². The number of nitrogens with one attached hydrogen (secondary N) is 3. The Morgan fingerprint density at radius 2 is 1.52 bits per heavy atom. The highest BCUT2D eigenvalue weighted by atomic mass is 32.2. The number of hydrogen-bond donors (Lipinski definition) is 3. The lowest BCUT2D eigenvalue weighted by Gasteiger charge is -2.34. The van der Waals surface area contributed by atoms with Crippen LogP contribution in [0.1, 0.15) is 44.5 Å². The van der Waals surface area contributed by atoms with Crippen molar-refractivity contribution in [1.82, 2.24) is 20.5 Å². The molecule has 2 rings (SSSR count). The van der Waals surface area contributed by atoms with Gasteiger partial charge in [-0.15, -0.1) is 0 Å². The number of sulfonamides is 1. The Balaban J connectivity index is 2.01. The monoisotopic (exact) mass is 424 g/mol. The number of benzene rings is 1. The quantitative estimate of drug-likeness (QED) is 0.483. The minimum absolute atomic E-state index is 0.107. The van der Waals surface area contributed by atoms with Gasteiger partial charge in [-0.3, -0.25) is 25.2 Å². The summed E-state index contributed by atoms with van der Waals surface area (Å²) in [6.07, 6.45) is 0.992. The number of hydrogen-bond acceptors (Lipinski definition) is 5. The van der Waals surface area contributed by atoms with Crippen molar-refractivity contribution in [2.75, 3.05) is 13.1 Å². The van der Waals surface area contributed by atoms with E-state index in [9.17, 15) is 22.8 Å². The number of nitrogens with zero attached hydrogens (tertiary/aromatic N) is 1. The molecule has 0 unspecified atom stereocenters. The molecule has 0 spiro atoms. The maximum atomic E-state index is 12.9. The molecule has 160 valence electrons. The standard InChI is InChI=1S/C19H28N4O5S/c1-12(2)20-18(25)19(26)22-21-17(24)15-5-7-16(8-6-15)29(27,28)23-10-13(3)9-14(4)11-23/h5-8,12-14H,9-11H2,1-4H3,(H,20,25)(H,21,24)(H,22,26)/t13-,14+. The minimum atomic E-state index is -3.64. The Labute approximate surface area is 171 Å². The van der Waals surface area contributed by atoms with E-state index in [1.807, 2.05) is 19.3 Å². The van der Waals surface area contributed by atoms with Gasteiger partial charge in [-0.05, 0) is 56.4 Å². The summed E-state index contributed by atoms with van der Waals surface area (Å²) in [5.74, 6) is -1.96. The SMILES string of the molecule is CC(C)NC(=O)C(=O)NNC(=O)c1ccc(S(=O)(=O)N2C[C@H](C)C[C@H](C)C2)cc1. The van der Waals surface area contributed by atoms with Crippen LogP contribution in [-0.4, -0.2) is 49.6 Å². The summed E-state index contributed by atoms with van der Waals surface area (Å²) in [5.41, 5.74) is 4.29. The maximum absolute atomic E-state index is 12.9. The highest BCUT2D eigenvalue weighted by molar-refractivity contribution is 7.89. The third-order valence-electron chi connectivity index (χ3n) is 4.51. The maximum Gasteiger partial charge on any atom is 0.327 e. The average Bonchev–Trinajstić information content (AvgIpc) is 2.64. The first-order chi connectivity index (χ1) is 13.5. The summed E-state index contributed by atoms with van der Waals surface area (Å²) in [5, 5.41) is 2.39. The van der Waals surface area contributed by atoms with Crippen molar-refractivity contribution in [2.24, 2.45) is 11.8 Å². The van der Waals surface area contributed by atoms with E-state index in [4.69, 9.17) is 0 Å². The summed E-state index contributed by atoms with van der Waals surface area (Å²) in [6.45, 7) is 8.40. The Morgan fingerprint density at radius 3 is 2.03 bits per heavy atom. The van der Waals surface area contributed by atoms with E-state index >= 15 is 0 Å². The first kappa shape index (κ1) is 22.8. The summed E-state index contributed by atoms with van der Waals surface area (Å²) in [6, 6.07) is 5.23. The molecule has 29 heavy (non-hydrogen) atoms. The molecule has 10 heteroatoms. The lowest BCUT2D eigenvalue weighted by atomic mass is 9.94. The molecule has 1 saturated heterocycles. The van der Waals surface area contributed by atoms with Crippen molar-refractivity contribution in [3.05, 3.63) is 29.8 Å². The van der Waals surface area contributed by atoms with Crippen LogP contribution in [0.2, 0.25) is 0 Å². The van der Waals surface area contributed by atoms with Gasteiger partial charge in [0.1, 0.15) is 0 Å². The number of hydrazine groups is 1. The molecule has 1 aliphatic heterocycles. The van der Waals surface area contributed by atoms with Crippen molar-refractivity contribution < 1.29 is 22.8 Å². The highest BCUT2D eigenvalue weighted by Crippen LogP contribution is 2.26. The molecule has 1 heterocycles. The van der Waals surface area contributed by atoms with E-state index in [0.717, 1.165) is 6.42 Å². The van der Waals surface area contributed by atoms with Gasteiger partial charge in [-0.25, -0.2) is 8.42 Å². The van der Waals surface area contributed by atoms with Crippen LogP contribution >= 0.6 is 0 Å². The summed E-state index contributed by atoms with van der Waals surface area (Å²) < 4.78 is 27.2. The van der Waals surface area contributed by atoms with Gasteiger partial charge in [0.15, 0.2) is 0 Å². The van der Waals surface area contributed by atoms with Gasteiger partial charge in [-0.2, -0.15) is 4.31 Å². The normalized spacial score (nSPS) is 20.2. The van der Waals surface area contributed by atoms with Gasteiger partial charge in [0, 0.05) is 24.7 Å². The molecule has 3 N–H and O–H groups in total. The van der Waals surface area contributed by atoms with Crippen LogP contribution in [0.15, 0.2) is 29.2 Å². The van der Waals surface area contributed by atoms with E-state index in [1.54, 1.807) is 13.8 Å². The van der Waals surface area contributed by atoms with E-state index in [-0.39, 0.29) is 28.3 Å². The zero-order chi connectivity index (χ0) is 21.8. The number of carbonyl (C=O) groups is 3. The second-order valence-electron chi connectivity index (χ2n) is 7.83. The first-order valence-electron chi connectivity index (χ1n) is 9.52. The van der Waals surface area contributed by atoms with Crippen LogP contribution in [0.5, 0.6) is 0 Å². The third kappa shape index (κ3) is 6.01. The summed E-state index contributed by atoms with van der Waals surface area (Å²) in [7, 11) is -3.64. The summed E-state index contributed by atoms with van der Waals surface area (Å²) >= 11 is 0. The van der Waals surface area contributed by atoms with Crippen LogP contribution in [0, 0.1) is 11.8 Å². The van der Waals surface area contributed by atoms with Crippen molar-refractivity contribution in [3.63, 3.8) is 0 Å². The second-order valence-corrected chi connectivity index (χ2v) is 9.77. The van der Waals surface area contributed by atoms with E-state index in [0.29, 0.717) is 13.1 Å². The van der Waals surface area contributed by atoms with Crippen molar-refractivity contribution in [1.29, 1.82) is 0 Å². The lowest BCUT2D eigenvalue weighted by molar-refractivity contribution is -0.139. The molecular weight excluding hydrogens is 396 g/mol. The number of amides is 3. The number of piperidine rings is 1. The van der Waals surface area contributed by atoms with Gasteiger partial charge < -0.3 is 5.32 Å². The molecule has 0 saturated carbocycles.